The lowest BCUT2D eigenvalue weighted by Gasteiger charge is -2.17. The van der Waals surface area contributed by atoms with E-state index in [1.54, 1.807) is 12.1 Å². The van der Waals surface area contributed by atoms with Crippen LogP contribution in [0.5, 0.6) is 5.75 Å². The predicted octanol–water partition coefficient (Wildman–Crippen LogP) is 1.70. The van der Waals surface area contributed by atoms with E-state index in [1.165, 1.54) is 17.0 Å². The lowest BCUT2D eigenvalue weighted by atomic mass is 9.85. The largest absolute Gasteiger partial charge is 0.508 e. The van der Waals surface area contributed by atoms with E-state index in [2.05, 4.69) is 12.2 Å². The van der Waals surface area contributed by atoms with Gasteiger partial charge in [-0.3, -0.25) is 14.5 Å². The maximum atomic E-state index is 12.5. The highest BCUT2D eigenvalue weighted by molar-refractivity contribution is 6.22. The molecule has 2 fully saturated rings. The normalized spacial score (nSPS) is 35.3. The third-order valence-corrected chi connectivity index (χ3v) is 4.58. The van der Waals surface area contributed by atoms with Gasteiger partial charge in [0.25, 0.3) is 0 Å². The Bertz CT molecular complexity index is 574. The van der Waals surface area contributed by atoms with Crippen molar-refractivity contribution in [1.29, 1.82) is 0 Å². The quantitative estimate of drug-likeness (QED) is 0.614. The van der Waals surface area contributed by atoms with Crippen molar-refractivity contribution in [2.75, 3.05) is 4.90 Å². The summed E-state index contributed by atoms with van der Waals surface area (Å²) in [7, 11) is 0. The Balaban J connectivity index is 1.74. The van der Waals surface area contributed by atoms with Gasteiger partial charge in [-0.25, -0.2) is 0 Å². The van der Waals surface area contributed by atoms with E-state index in [-0.39, 0.29) is 41.2 Å². The summed E-state index contributed by atoms with van der Waals surface area (Å²) in [5, 5.41) is 9.29. The van der Waals surface area contributed by atoms with Gasteiger partial charge in [-0.2, -0.15) is 0 Å². The number of carbonyl (C=O) groups excluding carboxylic acids is 2. The average molecular weight is 255 g/mol. The van der Waals surface area contributed by atoms with Crippen molar-refractivity contribution < 1.29 is 14.7 Å². The second-order valence-electron chi connectivity index (χ2n) is 5.53. The first-order valence-electron chi connectivity index (χ1n) is 6.52. The van der Waals surface area contributed by atoms with E-state index in [0.717, 1.165) is 6.42 Å². The molecule has 4 rings (SSSR count). The molecule has 2 amide bonds. The number of allylic oxidation sites excluding steroid dienone is 2. The Labute approximate surface area is 110 Å². The minimum Gasteiger partial charge on any atom is -0.508 e. The van der Waals surface area contributed by atoms with E-state index in [4.69, 9.17) is 0 Å². The van der Waals surface area contributed by atoms with Crippen molar-refractivity contribution in [2.24, 2.45) is 23.7 Å². The second kappa shape index (κ2) is 3.47. The molecule has 4 atom stereocenters. The number of benzene rings is 1. The molecule has 1 aromatic rings. The number of amides is 2. The van der Waals surface area contributed by atoms with E-state index >= 15 is 0 Å². The highest BCUT2D eigenvalue weighted by Crippen LogP contribution is 2.53. The first kappa shape index (κ1) is 10.8. The van der Waals surface area contributed by atoms with Gasteiger partial charge in [0.1, 0.15) is 5.75 Å². The Kier molecular flexibility index (Phi) is 1.97. The topological polar surface area (TPSA) is 57.6 Å². The average Bonchev–Trinajstić information content (AvgIpc) is 3.06. The molecule has 0 unspecified atom stereocenters. The summed E-state index contributed by atoms with van der Waals surface area (Å²) in [6.45, 7) is 0. The third-order valence-electron chi connectivity index (χ3n) is 4.58. The number of aromatic hydroxyl groups is 1. The number of phenols is 1. The molecule has 0 radical (unpaired) electrons. The van der Waals surface area contributed by atoms with Crippen molar-refractivity contribution >= 4 is 17.5 Å². The summed E-state index contributed by atoms with van der Waals surface area (Å²) in [6, 6.07) is 6.22. The number of anilines is 1. The van der Waals surface area contributed by atoms with Gasteiger partial charge in [-0.1, -0.05) is 12.2 Å². The highest BCUT2D eigenvalue weighted by atomic mass is 16.3. The fourth-order valence-corrected chi connectivity index (χ4v) is 3.76. The molecule has 4 heteroatoms. The molecular weight excluding hydrogens is 242 g/mol. The van der Waals surface area contributed by atoms with Gasteiger partial charge in [0.05, 0.1) is 17.5 Å². The SMILES string of the molecule is O=C1[C@@H]2[C@@H](C(=O)N1c1ccc(O)cc1)[C@@H]1C=C[C@@H]2C1. The molecule has 0 aromatic heterocycles. The summed E-state index contributed by atoms with van der Waals surface area (Å²) in [4.78, 5) is 26.3. The zero-order chi connectivity index (χ0) is 13.1. The summed E-state index contributed by atoms with van der Waals surface area (Å²) in [5.74, 6) is 0.0783. The first-order chi connectivity index (χ1) is 9.16. The van der Waals surface area contributed by atoms with Gasteiger partial charge in [-0.15, -0.1) is 0 Å². The summed E-state index contributed by atoms with van der Waals surface area (Å²) in [6.07, 6.45) is 5.10. The molecule has 96 valence electrons. The molecule has 2 aliphatic carbocycles. The Morgan fingerprint density at radius 1 is 0.947 bits per heavy atom. The number of phenolic OH excluding ortho intramolecular Hbond substituents is 1. The van der Waals surface area contributed by atoms with Crippen molar-refractivity contribution in [3.63, 3.8) is 0 Å². The minimum atomic E-state index is -0.170. The molecule has 1 heterocycles. The van der Waals surface area contributed by atoms with Crippen LogP contribution in [0.4, 0.5) is 5.69 Å². The first-order valence-corrected chi connectivity index (χ1v) is 6.52. The van der Waals surface area contributed by atoms with Crippen LogP contribution in [-0.4, -0.2) is 16.9 Å². The van der Waals surface area contributed by atoms with Crippen molar-refractivity contribution in [3.05, 3.63) is 36.4 Å². The van der Waals surface area contributed by atoms with E-state index in [9.17, 15) is 14.7 Å². The van der Waals surface area contributed by atoms with Crippen molar-refractivity contribution in [1.82, 2.24) is 0 Å². The molecule has 1 aromatic carbocycles. The third kappa shape index (κ3) is 1.28. The van der Waals surface area contributed by atoms with E-state index in [1.807, 2.05) is 0 Å². The zero-order valence-electron chi connectivity index (χ0n) is 10.2. The number of rotatable bonds is 1. The van der Waals surface area contributed by atoms with Crippen molar-refractivity contribution in [3.8, 4) is 5.75 Å². The summed E-state index contributed by atoms with van der Waals surface area (Å²) in [5.41, 5.74) is 0.557. The summed E-state index contributed by atoms with van der Waals surface area (Å²) >= 11 is 0. The number of fused-ring (bicyclic) bond motifs is 5. The minimum absolute atomic E-state index is 0.0856. The van der Waals surface area contributed by atoms with Crippen LogP contribution in [0.15, 0.2) is 36.4 Å². The van der Waals surface area contributed by atoms with Gasteiger partial charge in [0, 0.05) is 0 Å². The summed E-state index contributed by atoms with van der Waals surface area (Å²) < 4.78 is 0. The Morgan fingerprint density at radius 3 is 2.00 bits per heavy atom. The van der Waals surface area contributed by atoms with Crippen molar-refractivity contribution in [2.45, 2.75) is 6.42 Å². The van der Waals surface area contributed by atoms with Crippen LogP contribution in [-0.2, 0) is 9.59 Å². The van der Waals surface area contributed by atoms with Crippen LogP contribution < -0.4 is 4.90 Å². The standard InChI is InChI=1S/C15H13NO3/c17-11-5-3-10(4-6-11)16-14(18)12-8-1-2-9(7-8)13(12)15(16)19/h1-6,8-9,12-13,17H,7H2/t8-,9-,12+,13+/m1/s1. The fraction of sp³-hybridized carbons (Fsp3) is 0.333. The van der Waals surface area contributed by atoms with E-state index < -0.39 is 0 Å². The molecule has 2 bridgehead atoms. The molecule has 19 heavy (non-hydrogen) atoms. The molecule has 1 saturated carbocycles. The maximum Gasteiger partial charge on any atom is 0.238 e. The van der Waals surface area contributed by atoms with Crippen LogP contribution >= 0.6 is 0 Å². The fourth-order valence-electron chi connectivity index (χ4n) is 3.76. The number of hydrogen-bond acceptors (Lipinski definition) is 3. The predicted molar refractivity (Wildman–Crippen MR) is 68.3 cm³/mol. The molecule has 1 N–H and O–H groups in total. The second-order valence-corrected chi connectivity index (χ2v) is 5.53. The van der Waals surface area contributed by atoms with Gasteiger partial charge in [0.15, 0.2) is 0 Å². The lowest BCUT2D eigenvalue weighted by molar-refractivity contribution is -0.123. The van der Waals surface area contributed by atoms with Crippen LogP contribution in [0.1, 0.15) is 6.42 Å². The Morgan fingerprint density at radius 2 is 1.47 bits per heavy atom. The van der Waals surface area contributed by atoms with Gasteiger partial charge >= 0.3 is 0 Å². The number of carbonyl (C=O) groups is 2. The van der Waals surface area contributed by atoms with E-state index in [0.29, 0.717) is 5.69 Å². The Hall–Kier alpha value is -2.10. The zero-order valence-corrected chi connectivity index (χ0v) is 10.2. The van der Waals surface area contributed by atoms with Gasteiger partial charge < -0.3 is 5.11 Å². The van der Waals surface area contributed by atoms with Crippen LogP contribution in [0, 0.1) is 23.7 Å². The maximum absolute atomic E-state index is 12.5. The lowest BCUT2D eigenvalue weighted by Crippen LogP contribution is -2.32. The van der Waals surface area contributed by atoms with Crippen LogP contribution in [0.2, 0.25) is 0 Å². The smallest absolute Gasteiger partial charge is 0.238 e. The number of hydrogen-bond donors (Lipinski definition) is 1. The number of imide groups is 1. The van der Waals surface area contributed by atoms with Crippen LogP contribution in [0.3, 0.4) is 0 Å². The molecule has 3 aliphatic rings. The molecule has 4 nitrogen and oxygen atoms in total. The highest BCUT2D eigenvalue weighted by Gasteiger charge is 2.59. The molecule has 0 spiro atoms. The van der Waals surface area contributed by atoms with Gasteiger partial charge in [0.2, 0.25) is 11.8 Å². The van der Waals surface area contributed by atoms with Crippen LogP contribution in [0.25, 0.3) is 0 Å². The monoisotopic (exact) mass is 255 g/mol. The number of nitrogens with zero attached hydrogens (tertiary/aromatic N) is 1. The molecule has 1 aliphatic heterocycles. The van der Waals surface area contributed by atoms with Gasteiger partial charge in [-0.05, 0) is 42.5 Å². The molecule has 1 saturated heterocycles. The molecular formula is C15H13NO3.